The predicted molar refractivity (Wildman–Crippen MR) is 86.9 cm³/mol. The van der Waals surface area contributed by atoms with Gasteiger partial charge in [-0.3, -0.25) is 0 Å². The molecule has 1 nitrogen and oxygen atoms in total. The predicted octanol–water partition coefficient (Wildman–Crippen LogP) is 5.50. The number of allylic oxidation sites excluding steroid dienone is 4. The minimum atomic E-state index is 0.662. The van der Waals surface area contributed by atoms with E-state index in [1.54, 1.807) is 11.1 Å². The molecule has 0 spiro atoms. The second-order valence-electron chi connectivity index (χ2n) is 6.41. The van der Waals surface area contributed by atoms with Crippen molar-refractivity contribution in [2.24, 2.45) is 5.92 Å². The van der Waals surface area contributed by atoms with E-state index in [0.717, 1.165) is 11.5 Å². The van der Waals surface area contributed by atoms with E-state index in [0.29, 0.717) is 5.92 Å². The molecular weight excluding hydrogens is 254 g/mol. The van der Waals surface area contributed by atoms with E-state index in [4.69, 9.17) is 5.26 Å². The van der Waals surface area contributed by atoms with Crippen molar-refractivity contribution in [1.82, 2.24) is 0 Å². The first-order valence-corrected chi connectivity index (χ1v) is 8.12. The molecule has 2 aliphatic rings. The zero-order valence-corrected chi connectivity index (χ0v) is 12.8. The molecule has 0 heterocycles. The molecule has 0 amide bonds. The Morgan fingerprint density at radius 2 is 1.76 bits per heavy atom. The molecule has 1 heteroatoms. The van der Waals surface area contributed by atoms with E-state index in [1.807, 2.05) is 12.1 Å². The molecule has 108 valence electrons. The lowest BCUT2D eigenvalue weighted by Crippen LogP contribution is -2.16. The Morgan fingerprint density at radius 3 is 2.48 bits per heavy atom. The lowest BCUT2D eigenvalue weighted by molar-refractivity contribution is 0.462. The summed E-state index contributed by atoms with van der Waals surface area (Å²) in [4.78, 5) is 0. The lowest BCUT2D eigenvalue weighted by atomic mass is 9.72. The summed E-state index contributed by atoms with van der Waals surface area (Å²) < 4.78 is 0. The molecule has 0 bridgehead atoms. The van der Waals surface area contributed by atoms with Gasteiger partial charge in [0.1, 0.15) is 0 Å². The van der Waals surface area contributed by atoms with Gasteiger partial charge in [0, 0.05) is 0 Å². The van der Waals surface area contributed by atoms with Gasteiger partial charge in [0.2, 0.25) is 0 Å². The fourth-order valence-corrected chi connectivity index (χ4v) is 3.92. The summed E-state index contributed by atoms with van der Waals surface area (Å²) >= 11 is 0. The van der Waals surface area contributed by atoms with Crippen molar-refractivity contribution in [3.63, 3.8) is 0 Å². The third-order valence-electron chi connectivity index (χ3n) is 5.09. The molecule has 0 aromatic heterocycles. The van der Waals surface area contributed by atoms with Gasteiger partial charge in [-0.15, -0.1) is 0 Å². The zero-order chi connectivity index (χ0) is 14.7. The maximum atomic E-state index is 8.90. The third-order valence-corrected chi connectivity index (χ3v) is 5.09. The average molecular weight is 277 g/mol. The number of hydrogen-bond donors (Lipinski definition) is 0. The molecule has 3 rings (SSSR count). The Bertz CT molecular complexity index is 598. The fourth-order valence-electron chi connectivity index (χ4n) is 3.92. The standard InChI is InChI=1S/C20H23N/c1-2-3-15-4-9-20-13-19(11-10-18(20)12-15)17-7-5-16(14-21)6-8-17/h2-3,5-8,15,19H,4,9-13H2,1H3/b3-2+. The molecule has 0 aliphatic heterocycles. The molecule has 0 saturated heterocycles. The quantitative estimate of drug-likeness (QED) is 0.655. The van der Waals surface area contributed by atoms with Crippen LogP contribution < -0.4 is 0 Å². The second-order valence-corrected chi connectivity index (χ2v) is 6.41. The topological polar surface area (TPSA) is 23.8 Å². The highest BCUT2D eigenvalue weighted by Crippen LogP contribution is 2.43. The summed E-state index contributed by atoms with van der Waals surface area (Å²) in [5, 5.41) is 8.90. The van der Waals surface area contributed by atoms with E-state index in [-0.39, 0.29) is 0 Å². The van der Waals surface area contributed by atoms with E-state index in [2.05, 4.69) is 37.3 Å². The summed E-state index contributed by atoms with van der Waals surface area (Å²) in [5.74, 6) is 1.44. The maximum absolute atomic E-state index is 8.90. The van der Waals surface area contributed by atoms with Crippen LogP contribution in [0.1, 0.15) is 62.5 Å². The van der Waals surface area contributed by atoms with Gasteiger partial charge in [-0.05, 0) is 75.0 Å². The highest BCUT2D eigenvalue weighted by molar-refractivity contribution is 5.35. The SMILES string of the molecule is C/C=C/C1CCC2=C(CCC(c3ccc(C#N)cc3)C2)C1. The highest BCUT2D eigenvalue weighted by atomic mass is 14.3. The minimum Gasteiger partial charge on any atom is -0.192 e. The van der Waals surface area contributed by atoms with Crippen molar-refractivity contribution >= 4 is 0 Å². The van der Waals surface area contributed by atoms with Crippen molar-refractivity contribution in [3.05, 3.63) is 58.7 Å². The number of rotatable bonds is 2. The summed E-state index contributed by atoms with van der Waals surface area (Å²) in [5.41, 5.74) is 5.66. The van der Waals surface area contributed by atoms with Crippen molar-refractivity contribution in [3.8, 4) is 6.07 Å². The zero-order valence-electron chi connectivity index (χ0n) is 12.8. The van der Waals surface area contributed by atoms with Crippen molar-refractivity contribution in [1.29, 1.82) is 5.26 Å². The van der Waals surface area contributed by atoms with E-state index in [9.17, 15) is 0 Å². The second kappa shape index (κ2) is 6.31. The van der Waals surface area contributed by atoms with E-state index in [1.165, 1.54) is 44.1 Å². The van der Waals surface area contributed by atoms with Gasteiger partial charge in [-0.25, -0.2) is 0 Å². The summed E-state index contributed by atoms with van der Waals surface area (Å²) in [6.45, 7) is 2.13. The number of benzene rings is 1. The van der Waals surface area contributed by atoms with Gasteiger partial charge in [0.25, 0.3) is 0 Å². The summed E-state index contributed by atoms with van der Waals surface area (Å²) in [6.07, 6.45) is 12.3. The summed E-state index contributed by atoms with van der Waals surface area (Å²) in [6, 6.07) is 10.4. The molecule has 0 N–H and O–H groups in total. The van der Waals surface area contributed by atoms with Gasteiger partial charge in [-0.1, -0.05) is 35.4 Å². The molecule has 2 aliphatic carbocycles. The molecule has 1 aromatic rings. The van der Waals surface area contributed by atoms with Crippen molar-refractivity contribution < 1.29 is 0 Å². The van der Waals surface area contributed by atoms with Crippen LogP contribution in [0.2, 0.25) is 0 Å². The minimum absolute atomic E-state index is 0.662. The average Bonchev–Trinajstić information content (AvgIpc) is 2.55. The molecule has 1 aromatic carbocycles. The largest absolute Gasteiger partial charge is 0.192 e. The van der Waals surface area contributed by atoms with Crippen LogP contribution in [0.25, 0.3) is 0 Å². The van der Waals surface area contributed by atoms with Gasteiger partial charge in [0.05, 0.1) is 11.6 Å². The first kappa shape index (κ1) is 14.1. The van der Waals surface area contributed by atoms with E-state index < -0.39 is 0 Å². The van der Waals surface area contributed by atoms with Crippen LogP contribution in [-0.4, -0.2) is 0 Å². The van der Waals surface area contributed by atoms with Crippen LogP contribution in [0.3, 0.4) is 0 Å². The Morgan fingerprint density at radius 1 is 1.05 bits per heavy atom. The molecule has 0 saturated carbocycles. The highest BCUT2D eigenvalue weighted by Gasteiger charge is 2.26. The first-order valence-electron chi connectivity index (χ1n) is 8.12. The first-order chi connectivity index (χ1) is 10.3. The number of hydrogen-bond acceptors (Lipinski definition) is 1. The Balaban J connectivity index is 1.72. The lowest BCUT2D eigenvalue weighted by Gasteiger charge is -2.33. The van der Waals surface area contributed by atoms with Gasteiger partial charge in [-0.2, -0.15) is 5.26 Å². The number of nitrogens with zero attached hydrogens (tertiary/aromatic N) is 1. The normalized spacial score (nSPS) is 25.7. The molecule has 21 heavy (non-hydrogen) atoms. The molecule has 0 radical (unpaired) electrons. The van der Waals surface area contributed by atoms with E-state index >= 15 is 0 Å². The molecular formula is C20H23N. The number of nitriles is 1. The Labute approximate surface area is 128 Å². The maximum Gasteiger partial charge on any atom is 0.0991 e. The monoisotopic (exact) mass is 277 g/mol. The van der Waals surface area contributed by atoms with Gasteiger partial charge in [0.15, 0.2) is 0 Å². The van der Waals surface area contributed by atoms with Crippen molar-refractivity contribution in [2.75, 3.05) is 0 Å². The van der Waals surface area contributed by atoms with Gasteiger partial charge >= 0.3 is 0 Å². The third kappa shape index (κ3) is 3.10. The van der Waals surface area contributed by atoms with Crippen LogP contribution in [0, 0.1) is 17.2 Å². The summed E-state index contributed by atoms with van der Waals surface area (Å²) in [7, 11) is 0. The Kier molecular flexibility index (Phi) is 4.25. The van der Waals surface area contributed by atoms with Gasteiger partial charge < -0.3 is 0 Å². The molecule has 0 fully saturated rings. The molecule has 2 unspecified atom stereocenters. The van der Waals surface area contributed by atoms with Crippen LogP contribution in [0.4, 0.5) is 0 Å². The fraction of sp³-hybridized carbons (Fsp3) is 0.450. The smallest absolute Gasteiger partial charge is 0.0991 e. The molecule has 2 atom stereocenters. The van der Waals surface area contributed by atoms with Crippen LogP contribution in [0.15, 0.2) is 47.6 Å². The van der Waals surface area contributed by atoms with Crippen LogP contribution in [0.5, 0.6) is 0 Å². The van der Waals surface area contributed by atoms with Crippen LogP contribution >= 0.6 is 0 Å². The van der Waals surface area contributed by atoms with Crippen molar-refractivity contribution in [2.45, 2.75) is 51.4 Å². The Hall–Kier alpha value is -1.81. The van der Waals surface area contributed by atoms with Crippen LogP contribution in [-0.2, 0) is 0 Å².